The van der Waals surface area contributed by atoms with E-state index in [0.717, 1.165) is 15.0 Å². The number of ether oxygens (including phenoxy) is 1. The van der Waals surface area contributed by atoms with Crippen LogP contribution < -0.4 is 0 Å². The monoisotopic (exact) mass is 240 g/mol. The zero-order valence-electron chi connectivity index (χ0n) is 8.33. The summed E-state index contributed by atoms with van der Waals surface area (Å²) in [6.07, 6.45) is 0. The van der Waals surface area contributed by atoms with Crippen molar-refractivity contribution in [1.29, 1.82) is 0 Å². The van der Waals surface area contributed by atoms with Crippen molar-refractivity contribution in [3.05, 3.63) is 33.7 Å². The van der Waals surface area contributed by atoms with Gasteiger partial charge in [0.1, 0.15) is 0 Å². The average Bonchev–Trinajstić information content (AvgIpc) is 2.55. The van der Waals surface area contributed by atoms with Crippen molar-refractivity contribution in [1.82, 2.24) is 0 Å². The van der Waals surface area contributed by atoms with Gasteiger partial charge in [-0.2, -0.15) is 0 Å². The molecule has 0 aliphatic rings. The number of halogens is 1. The fourth-order valence-electron chi connectivity index (χ4n) is 1.51. The number of benzene rings is 1. The Morgan fingerprint density at radius 3 is 2.80 bits per heavy atom. The van der Waals surface area contributed by atoms with Gasteiger partial charge in [0, 0.05) is 14.6 Å². The van der Waals surface area contributed by atoms with E-state index in [1.165, 1.54) is 7.11 Å². The van der Waals surface area contributed by atoms with Crippen LogP contribution in [0.1, 0.15) is 15.2 Å². The van der Waals surface area contributed by atoms with Gasteiger partial charge in [-0.1, -0.05) is 11.6 Å². The van der Waals surface area contributed by atoms with Gasteiger partial charge in [0.25, 0.3) is 0 Å². The molecule has 0 N–H and O–H groups in total. The smallest absolute Gasteiger partial charge is 0.339 e. The summed E-state index contributed by atoms with van der Waals surface area (Å²) in [5.41, 5.74) is 0.540. The Morgan fingerprint density at radius 1 is 1.40 bits per heavy atom. The number of hydrogen-bond donors (Lipinski definition) is 0. The van der Waals surface area contributed by atoms with E-state index in [2.05, 4.69) is 0 Å². The van der Waals surface area contributed by atoms with Crippen molar-refractivity contribution in [2.24, 2.45) is 0 Å². The lowest BCUT2D eigenvalue weighted by Crippen LogP contribution is -2.00. The molecule has 1 aromatic heterocycles. The molecule has 0 unspecified atom stereocenters. The Bertz CT molecular complexity index is 531. The lowest BCUT2D eigenvalue weighted by atomic mass is 10.1. The maximum atomic E-state index is 11.5. The maximum absolute atomic E-state index is 11.5. The van der Waals surface area contributed by atoms with Crippen LogP contribution >= 0.6 is 22.9 Å². The molecule has 2 nitrogen and oxygen atoms in total. The minimum absolute atomic E-state index is 0.343. The number of rotatable bonds is 1. The highest BCUT2D eigenvalue weighted by atomic mass is 35.5. The Balaban J connectivity index is 2.75. The number of carbonyl (C=O) groups is 1. The van der Waals surface area contributed by atoms with E-state index in [4.69, 9.17) is 16.3 Å². The highest BCUT2D eigenvalue weighted by molar-refractivity contribution is 7.19. The highest BCUT2D eigenvalue weighted by Gasteiger charge is 2.13. The molecule has 0 amide bonds. The van der Waals surface area contributed by atoms with Crippen LogP contribution in [0.25, 0.3) is 10.1 Å². The molecule has 0 radical (unpaired) electrons. The Labute approximate surface area is 96.4 Å². The second-order valence-corrected chi connectivity index (χ2v) is 4.91. The van der Waals surface area contributed by atoms with Gasteiger partial charge in [0.05, 0.1) is 12.7 Å². The SMILES string of the molecule is COC(=O)c1cc(Cl)cc2cc(C)sc12. The third-order valence-electron chi connectivity index (χ3n) is 2.11. The molecule has 0 spiro atoms. The standard InChI is InChI=1S/C11H9ClO2S/c1-6-3-7-4-8(12)5-9(10(7)15-6)11(13)14-2/h3-5H,1-2H3. The van der Waals surface area contributed by atoms with Crippen molar-refractivity contribution in [3.8, 4) is 0 Å². The number of methoxy groups -OCH3 is 1. The minimum Gasteiger partial charge on any atom is -0.465 e. The second-order valence-electron chi connectivity index (χ2n) is 3.22. The fraction of sp³-hybridized carbons (Fsp3) is 0.182. The van der Waals surface area contributed by atoms with Gasteiger partial charge in [-0.05, 0) is 30.5 Å². The third kappa shape index (κ3) is 1.85. The van der Waals surface area contributed by atoms with Crippen molar-refractivity contribution in [3.63, 3.8) is 0 Å². The quantitative estimate of drug-likeness (QED) is 0.712. The molecule has 0 saturated heterocycles. The van der Waals surface area contributed by atoms with E-state index >= 15 is 0 Å². The normalized spacial score (nSPS) is 10.6. The van der Waals surface area contributed by atoms with E-state index < -0.39 is 0 Å². The maximum Gasteiger partial charge on any atom is 0.339 e. The molecule has 2 rings (SSSR count). The number of hydrogen-bond acceptors (Lipinski definition) is 3. The number of carbonyl (C=O) groups excluding carboxylic acids is 1. The highest BCUT2D eigenvalue weighted by Crippen LogP contribution is 2.31. The molecule has 15 heavy (non-hydrogen) atoms. The number of thiophene rings is 1. The van der Waals surface area contributed by atoms with Crippen LogP contribution in [0.15, 0.2) is 18.2 Å². The molecule has 0 aliphatic heterocycles. The first-order valence-electron chi connectivity index (χ1n) is 4.40. The molecule has 0 atom stereocenters. The van der Waals surface area contributed by atoms with Crippen molar-refractivity contribution in [2.45, 2.75) is 6.92 Å². The van der Waals surface area contributed by atoms with Crippen LogP contribution in [0.3, 0.4) is 0 Å². The zero-order valence-corrected chi connectivity index (χ0v) is 9.91. The zero-order chi connectivity index (χ0) is 11.0. The van der Waals surface area contributed by atoms with Gasteiger partial charge < -0.3 is 4.74 Å². The van der Waals surface area contributed by atoms with Gasteiger partial charge in [-0.15, -0.1) is 11.3 Å². The first kappa shape index (κ1) is 10.5. The Kier molecular flexibility index (Phi) is 2.67. The summed E-state index contributed by atoms with van der Waals surface area (Å²) < 4.78 is 5.65. The van der Waals surface area contributed by atoms with Crippen LogP contribution in [0.4, 0.5) is 0 Å². The van der Waals surface area contributed by atoms with Gasteiger partial charge in [-0.3, -0.25) is 0 Å². The summed E-state index contributed by atoms with van der Waals surface area (Å²) in [5.74, 6) is -0.343. The summed E-state index contributed by atoms with van der Waals surface area (Å²) in [5, 5.41) is 1.55. The minimum atomic E-state index is -0.343. The molecule has 4 heteroatoms. The van der Waals surface area contributed by atoms with Gasteiger partial charge in [0.2, 0.25) is 0 Å². The van der Waals surface area contributed by atoms with Gasteiger partial charge in [-0.25, -0.2) is 4.79 Å². The van der Waals surface area contributed by atoms with Crippen molar-refractivity contribution < 1.29 is 9.53 Å². The van der Waals surface area contributed by atoms with Crippen molar-refractivity contribution >= 4 is 39.0 Å². The van der Waals surface area contributed by atoms with Crippen LogP contribution in [-0.4, -0.2) is 13.1 Å². The molecule has 78 valence electrons. The van der Waals surface area contributed by atoms with Crippen molar-refractivity contribution in [2.75, 3.05) is 7.11 Å². The summed E-state index contributed by atoms with van der Waals surface area (Å²) in [6, 6.07) is 5.51. The molecular formula is C11H9ClO2S. The molecule has 0 fully saturated rings. The predicted molar refractivity (Wildman–Crippen MR) is 62.9 cm³/mol. The first-order valence-corrected chi connectivity index (χ1v) is 5.59. The van der Waals surface area contributed by atoms with Crippen LogP contribution in [-0.2, 0) is 4.74 Å². The topological polar surface area (TPSA) is 26.3 Å². The lowest BCUT2D eigenvalue weighted by molar-refractivity contribution is 0.0603. The summed E-state index contributed by atoms with van der Waals surface area (Å²) in [4.78, 5) is 12.7. The van der Waals surface area contributed by atoms with Crippen LogP contribution in [0.2, 0.25) is 5.02 Å². The van der Waals surface area contributed by atoms with Crippen LogP contribution in [0.5, 0.6) is 0 Å². The average molecular weight is 241 g/mol. The second kappa shape index (κ2) is 3.83. The lowest BCUT2D eigenvalue weighted by Gasteiger charge is -2.01. The Hall–Kier alpha value is -1.06. The molecule has 0 aliphatic carbocycles. The number of fused-ring (bicyclic) bond motifs is 1. The van der Waals surface area contributed by atoms with Gasteiger partial charge in [0.15, 0.2) is 0 Å². The predicted octanol–water partition coefficient (Wildman–Crippen LogP) is 3.65. The molecule has 2 aromatic rings. The molecule has 0 saturated carbocycles. The molecular weight excluding hydrogens is 232 g/mol. The van der Waals surface area contributed by atoms with E-state index in [1.54, 1.807) is 17.4 Å². The van der Waals surface area contributed by atoms with E-state index in [0.29, 0.717) is 10.6 Å². The Morgan fingerprint density at radius 2 is 2.13 bits per heavy atom. The van der Waals surface area contributed by atoms with E-state index in [9.17, 15) is 4.79 Å². The first-order chi connectivity index (χ1) is 7.11. The number of esters is 1. The third-order valence-corrected chi connectivity index (χ3v) is 3.43. The van der Waals surface area contributed by atoms with E-state index in [1.807, 2.05) is 19.1 Å². The summed E-state index contributed by atoms with van der Waals surface area (Å²) >= 11 is 7.50. The molecule has 0 bridgehead atoms. The van der Waals surface area contributed by atoms with E-state index in [-0.39, 0.29) is 5.97 Å². The fourth-order valence-corrected chi connectivity index (χ4v) is 2.73. The van der Waals surface area contributed by atoms with Crippen LogP contribution in [0, 0.1) is 6.92 Å². The molecule has 1 aromatic carbocycles. The molecule has 1 heterocycles. The largest absolute Gasteiger partial charge is 0.465 e. The summed E-state index contributed by atoms with van der Waals surface area (Å²) in [6.45, 7) is 2.00. The number of aryl methyl sites for hydroxylation is 1. The van der Waals surface area contributed by atoms with Gasteiger partial charge >= 0.3 is 5.97 Å². The summed E-state index contributed by atoms with van der Waals surface area (Å²) in [7, 11) is 1.37.